The van der Waals surface area contributed by atoms with Crippen molar-refractivity contribution in [3.63, 3.8) is 0 Å². The lowest BCUT2D eigenvalue weighted by Crippen LogP contribution is -2.61. The summed E-state index contributed by atoms with van der Waals surface area (Å²) in [4.78, 5) is 0. The lowest BCUT2D eigenvalue weighted by Gasteiger charge is -2.51. The smallest absolute Gasteiger partial charge is 0.157 e. The highest BCUT2D eigenvalue weighted by Crippen LogP contribution is 2.44. The average Bonchev–Trinajstić information content (AvgIpc) is 2.75. The molecule has 3 unspecified atom stereocenters. The van der Waals surface area contributed by atoms with E-state index in [2.05, 4.69) is 25.9 Å². The van der Waals surface area contributed by atoms with E-state index in [9.17, 15) is 0 Å². The Bertz CT molecular complexity index is 363. The molecule has 0 aliphatic heterocycles. The molecule has 0 spiro atoms. The van der Waals surface area contributed by atoms with E-state index in [1.165, 1.54) is 0 Å². The van der Waals surface area contributed by atoms with Crippen molar-refractivity contribution in [2.75, 3.05) is 0 Å². The zero-order valence-electron chi connectivity index (χ0n) is 10.3. The van der Waals surface area contributed by atoms with Gasteiger partial charge < -0.3 is 10.5 Å². The minimum atomic E-state index is 0.119. The molecule has 1 aromatic rings. The fraction of sp³-hybridized carbons (Fsp3) is 0.750. The highest BCUT2D eigenvalue weighted by molar-refractivity contribution is 5.15. The SMILES string of the molecule is CCn1cc(OC2CC(N)C2(C)CC)cn1. The second kappa shape index (κ2) is 4.09. The third-order valence-corrected chi connectivity index (χ3v) is 4.02. The number of hydrogen-bond donors (Lipinski definition) is 1. The molecule has 90 valence electrons. The first-order valence-corrected chi connectivity index (χ1v) is 6.04. The second-order valence-corrected chi connectivity index (χ2v) is 4.84. The maximum absolute atomic E-state index is 6.04. The van der Waals surface area contributed by atoms with E-state index in [-0.39, 0.29) is 17.6 Å². The first kappa shape index (κ1) is 11.5. The van der Waals surface area contributed by atoms with E-state index >= 15 is 0 Å². The summed E-state index contributed by atoms with van der Waals surface area (Å²) in [6.45, 7) is 7.31. The number of hydrogen-bond acceptors (Lipinski definition) is 3. The van der Waals surface area contributed by atoms with Crippen LogP contribution in [0.25, 0.3) is 0 Å². The van der Waals surface area contributed by atoms with Crippen molar-refractivity contribution in [2.24, 2.45) is 11.1 Å². The van der Waals surface area contributed by atoms with Gasteiger partial charge in [0.1, 0.15) is 6.10 Å². The van der Waals surface area contributed by atoms with Crippen LogP contribution in [0, 0.1) is 5.41 Å². The number of nitrogens with zero attached hydrogens (tertiary/aromatic N) is 2. The Balaban J connectivity index is 2.00. The predicted molar refractivity (Wildman–Crippen MR) is 63.3 cm³/mol. The molecular formula is C12H21N3O. The average molecular weight is 223 g/mol. The van der Waals surface area contributed by atoms with Crippen molar-refractivity contribution < 1.29 is 4.74 Å². The Morgan fingerprint density at radius 2 is 2.38 bits per heavy atom. The van der Waals surface area contributed by atoms with Gasteiger partial charge in [0.05, 0.1) is 12.4 Å². The molecule has 2 N–H and O–H groups in total. The van der Waals surface area contributed by atoms with Gasteiger partial charge in [0.15, 0.2) is 5.75 Å². The van der Waals surface area contributed by atoms with Gasteiger partial charge in [-0.1, -0.05) is 13.8 Å². The second-order valence-electron chi connectivity index (χ2n) is 4.84. The maximum Gasteiger partial charge on any atom is 0.157 e. The molecule has 0 amide bonds. The summed E-state index contributed by atoms with van der Waals surface area (Å²) in [6.07, 6.45) is 5.97. The number of nitrogens with two attached hydrogens (primary N) is 1. The predicted octanol–water partition coefficient (Wildman–Crippen LogP) is 1.80. The quantitative estimate of drug-likeness (QED) is 0.846. The van der Waals surface area contributed by atoms with Crippen molar-refractivity contribution >= 4 is 0 Å². The van der Waals surface area contributed by atoms with Gasteiger partial charge >= 0.3 is 0 Å². The van der Waals surface area contributed by atoms with E-state index in [1.807, 2.05) is 10.9 Å². The van der Waals surface area contributed by atoms with Gasteiger partial charge in [0.2, 0.25) is 0 Å². The van der Waals surface area contributed by atoms with Crippen molar-refractivity contribution in [2.45, 2.75) is 52.3 Å². The number of rotatable bonds is 4. The van der Waals surface area contributed by atoms with Gasteiger partial charge in [-0.05, 0) is 13.3 Å². The molecule has 1 heterocycles. The van der Waals surface area contributed by atoms with Gasteiger partial charge in [-0.3, -0.25) is 4.68 Å². The lowest BCUT2D eigenvalue weighted by molar-refractivity contribution is -0.0560. The summed E-state index contributed by atoms with van der Waals surface area (Å²) in [6, 6.07) is 0.267. The molecule has 0 radical (unpaired) electrons. The molecule has 1 saturated carbocycles. The molecule has 4 nitrogen and oxygen atoms in total. The maximum atomic E-state index is 6.04. The molecule has 0 bridgehead atoms. The van der Waals surface area contributed by atoms with Crippen molar-refractivity contribution in [3.8, 4) is 5.75 Å². The molecule has 4 heteroatoms. The molecule has 16 heavy (non-hydrogen) atoms. The van der Waals surface area contributed by atoms with Gasteiger partial charge in [0.25, 0.3) is 0 Å². The number of ether oxygens (including phenoxy) is 1. The van der Waals surface area contributed by atoms with Crippen LogP contribution in [-0.4, -0.2) is 21.9 Å². The summed E-state index contributed by atoms with van der Waals surface area (Å²) >= 11 is 0. The van der Waals surface area contributed by atoms with Crippen LogP contribution < -0.4 is 10.5 Å². The van der Waals surface area contributed by atoms with Crippen LogP contribution in [0.5, 0.6) is 5.75 Å². The third-order valence-electron chi connectivity index (χ3n) is 4.02. The summed E-state index contributed by atoms with van der Waals surface area (Å²) in [5.74, 6) is 0.860. The Hall–Kier alpha value is -1.03. The lowest BCUT2D eigenvalue weighted by atomic mass is 9.62. The van der Waals surface area contributed by atoms with Crippen LogP contribution in [-0.2, 0) is 6.54 Å². The normalized spacial score (nSPS) is 33.5. The minimum Gasteiger partial charge on any atom is -0.486 e. The minimum absolute atomic E-state index is 0.119. The standard InChI is InChI=1S/C12H21N3O/c1-4-12(3)10(13)6-11(12)16-9-7-14-15(5-2)8-9/h7-8,10-11H,4-6,13H2,1-3H3. The van der Waals surface area contributed by atoms with Crippen LogP contribution in [0.4, 0.5) is 0 Å². The highest BCUT2D eigenvalue weighted by Gasteiger charge is 2.50. The third kappa shape index (κ3) is 1.71. The van der Waals surface area contributed by atoms with Crippen LogP contribution in [0.2, 0.25) is 0 Å². The first-order valence-electron chi connectivity index (χ1n) is 6.04. The molecule has 0 saturated heterocycles. The summed E-state index contributed by atoms with van der Waals surface area (Å²) < 4.78 is 7.82. The van der Waals surface area contributed by atoms with Gasteiger partial charge in [-0.25, -0.2) is 0 Å². The van der Waals surface area contributed by atoms with E-state index in [0.29, 0.717) is 0 Å². The molecule has 2 rings (SSSR count). The summed E-state index contributed by atoms with van der Waals surface area (Å²) in [5.41, 5.74) is 6.16. The molecule has 1 fully saturated rings. The van der Waals surface area contributed by atoms with Crippen LogP contribution in [0.15, 0.2) is 12.4 Å². The molecule has 3 atom stereocenters. The van der Waals surface area contributed by atoms with Crippen LogP contribution in [0.3, 0.4) is 0 Å². The van der Waals surface area contributed by atoms with E-state index < -0.39 is 0 Å². The Morgan fingerprint density at radius 3 is 2.88 bits per heavy atom. The van der Waals surface area contributed by atoms with Crippen LogP contribution >= 0.6 is 0 Å². The largest absolute Gasteiger partial charge is 0.486 e. The highest BCUT2D eigenvalue weighted by atomic mass is 16.5. The van der Waals surface area contributed by atoms with Gasteiger partial charge in [-0.15, -0.1) is 0 Å². The monoisotopic (exact) mass is 223 g/mol. The fourth-order valence-electron chi connectivity index (χ4n) is 2.26. The topological polar surface area (TPSA) is 53.1 Å². The summed E-state index contributed by atoms with van der Waals surface area (Å²) in [5, 5.41) is 4.20. The van der Waals surface area contributed by atoms with E-state index in [1.54, 1.807) is 6.20 Å². The Morgan fingerprint density at radius 1 is 1.62 bits per heavy atom. The van der Waals surface area contributed by atoms with Crippen molar-refractivity contribution in [1.29, 1.82) is 0 Å². The van der Waals surface area contributed by atoms with Gasteiger partial charge in [-0.2, -0.15) is 5.10 Å². The van der Waals surface area contributed by atoms with Crippen molar-refractivity contribution in [3.05, 3.63) is 12.4 Å². The number of aromatic nitrogens is 2. The molecule has 1 aromatic heterocycles. The molecular weight excluding hydrogens is 202 g/mol. The fourth-order valence-corrected chi connectivity index (χ4v) is 2.26. The number of aryl methyl sites for hydroxylation is 1. The zero-order chi connectivity index (χ0) is 11.8. The zero-order valence-corrected chi connectivity index (χ0v) is 10.3. The molecule has 1 aliphatic rings. The Kier molecular flexibility index (Phi) is 2.93. The van der Waals surface area contributed by atoms with E-state index in [4.69, 9.17) is 10.5 Å². The van der Waals surface area contributed by atoms with Crippen LogP contribution in [0.1, 0.15) is 33.6 Å². The first-order chi connectivity index (χ1) is 7.60. The molecule has 1 aliphatic carbocycles. The molecule has 0 aromatic carbocycles. The van der Waals surface area contributed by atoms with E-state index in [0.717, 1.165) is 25.1 Å². The van der Waals surface area contributed by atoms with Crippen molar-refractivity contribution in [1.82, 2.24) is 9.78 Å². The Labute approximate surface area is 96.8 Å². The summed E-state index contributed by atoms with van der Waals surface area (Å²) in [7, 11) is 0. The van der Waals surface area contributed by atoms with Gasteiger partial charge in [0, 0.05) is 24.4 Å².